The van der Waals surface area contributed by atoms with E-state index in [0.29, 0.717) is 17.2 Å². The number of carbonyl (C=O) groups is 1. The molecule has 1 fully saturated rings. The van der Waals surface area contributed by atoms with Crippen LogP contribution in [0, 0.1) is 0 Å². The van der Waals surface area contributed by atoms with Gasteiger partial charge in [-0.25, -0.2) is 0 Å². The Hall–Kier alpha value is -2.15. The van der Waals surface area contributed by atoms with E-state index in [9.17, 15) is 4.79 Å². The number of amides is 1. The number of rotatable bonds is 4. The highest BCUT2D eigenvalue weighted by molar-refractivity contribution is 6.99. The molecule has 3 rings (SSSR count). The van der Waals surface area contributed by atoms with Crippen molar-refractivity contribution in [2.24, 2.45) is 0 Å². The van der Waals surface area contributed by atoms with Crippen molar-refractivity contribution in [3.05, 3.63) is 35.7 Å². The molecular formula is C15H17N3O3S. The molecule has 1 aromatic heterocycles. The maximum atomic E-state index is 12.5. The highest BCUT2D eigenvalue weighted by Gasteiger charge is 2.32. The second kappa shape index (κ2) is 6.31. The van der Waals surface area contributed by atoms with E-state index >= 15 is 0 Å². The number of aromatic nitrogens is 2. The van der Waals surface area contributed by atoms with E-state index in [1.165, 1.54) is 6.20 Å². The van der Waals surface area contributed by atoms with Crippen LogP contribution in [-0.4, -0.2) is 40.3 Å². The maximum Gasteiger partial charge on any atom is 0.275 e. The van der Waals surface area contributed by atoms with Gasteiger partial charge in [0.1, 0.15) is 0 Å². The molecule has 1 amide bonds. The molecule has 0 saturated carbocycles. The third kappa shape index (κ3) is 2.64. The molecule has 0 N–H and O–H groups in total. The topological polar surface area (TPSA) is 64.5 Å². The van der Waals surface area contributed by atoms with Crippen LogP contribution < -0.4 is 9.47 Å². The number of benzene rings is 1. The molecule has 0 unspecified atom stereocenters. The van der Waals surface area contributed by atoms with Crippen LogP contribution >= 0.6 is 11.7 Å². The zero-order valence-corrected chi connectivity index (χ0v) is 13.3. The van der Waals surface area contributed by atoms with E-state index in [1.807, 2.05) is 23.1 Å². The summed E-state index contributed by atoms with van der Waals surface area (Å²) in [6.45, 7) is 0.732. The van der Waals surface area contributed by atoms with Crippen molar-refractivity contribution in [2.45, 2.75) is 18.9 Å². The molecule has 6 nitrogen and oxygen atoms in total. The van der Waals surface area contributed by atoms with Gasteiger partial charge in [0.2, 0.25) is 0 Å². The minimum Gasteiger partial charge on any atom is -0.493 e. The average molecular weight is 319 g/mol. The number of hydrogen-bond donors (Lipinski definition) is 0. The summed E-state index contributed by atoms with van der Waals surface area (Å²) >= 11 is 1.05. The van der Waals surface area contributed by atoms with E-state index in [2.05, 4.69) is 8.75 Å². The molecule has 1 aromatic carbocycles. The third-order valence-electron chi connectivity index (χ3n) is 3.89. The molecule has 0 spiro atoms. The Morgan fingerprint density at radius 2 is 2.14 bits per heavy atom. The summed E-state index contributed by atoms with van der Waals surface area (Å²) in [6, 6.07) is 5.83. The van der Waals surface area contributed by atoms with Gasteiger partial charge in [0.25, 0.3) is 5.91 Å². The van der Waals surface area contributed by atoms with Crippen molar-refractivity contribution < 1.29 is 14.3 Å². The summed E-state index contributed by atoms with van der Waals surface area (Å²) in [5.41, 5.74) is 1.46. The van der Waals surface area contributed by atoms with Gasteiger partial charge in [-0.1, -0.05) is 6.07 Å². The summed E-state index contributed by atoms with van der Waals surface area (Å²) < 4.78 is 18.6. The summed E-state index contributed by atoms with van der Waals surface area (Å²) in [5, 5.41) is 0. The van der Waals surface area contributed by atoms with Gasteiger partial charge in [-0.3, -0.25) is 4.79 Å². The molecule has 22 heavy (non-hydrogen) atoms. The molecule has 1 saturated heterocycles. The van der Waals surface area contributed by atoms with Crippen LogP contribution in [0.25, 0.3) is 0 Å². The van der Waals surface area contributed by atoms with Crippen LogP contribution in [0.3, 0.4) is 0 Å². The van der Waals surface area contributed by atoms with Gasteiger partial charge in [-0.15, -0.1) is 0 Å². The number of likely N-dealkylation sites (tertiary alicyclic amines) is 1. The zero-order valence-electron chi connectivity index (χ0n) is 12.5. The molecule has 1 aliphatic rings. The van der Waals surface area contributed by atoms with Crippen LogP contribution in [0.4, 0.5) is 0 Å². The van der Waals surface area contributed by atoms with Gasteiger partial charge in [0.15, 0.2) is 17.2 Å². The Morgan fingerprint density at radius 3 is 2.82 bits per heavy atom. The Balaban J connectivity index is 1.88. The fourth-order valence-electron chi connectivity index (χ4n) is 2.82. The number of hydrogen-bond acceptors (Lipinski definition) is 6. The van der Waals surface area contributed by atoms with Crippen molar-refractivity contribution >= 4 is 17.6 Å². The monoisotopic (exact) mass is 319 g/mol. The maximum absolute atomic E-state index is 12.5. The second-order valence-electron chi connectivity index (χ2n) is 5.06. The quantitative estimate of drug-likeness (QED) is 0.866. The van der Waals surface area contributed by atoms with E-state index in [-0.39, 0.29) is 11.9 Å². The molecular weight excluding hydrogens is 302 g/mol. The lowest BCUT2D eigenvalue weighted by Crippen LogP contribution is -2.30. The van der Waals surface area contributed by atoms with Crippen molar-refractivity contribution in [3.63, 3.8) is 0 Å². The second-order valence-corrected chi connectivity index (χ2v) is 5.62. The fourth-order valence-corrected chi connectivity index (χ4v) is 3.23. The van der Waals surface area contributed by atoms with E-state index in [1.54, 1.807) is 14.2 Å². The lowest BCUT2D eigenvalue weighted by molar-refractivity contribution is 0.0730. The molecule has 2 heterocycles. The van der Waals surface area contributed by atoms with Gasteiger partial charge in [-0.2, -0.15) is 8.75 Å². The first-order valence-electron chi connectivity index (χ1n) is 7.05. The molecule has 7 heteroatoms. The van der Waals surface area contributed by atoms with Crippen LogP contribution in [0.1, 0.15) is 34.9 Å². The van der Waals surface area contributed by atoms with Gasteiger partial charge in [0, 0.05) is 6.54 Å². The van der Waals surface area contributed by atoms with Crippen molar-refractivity contribution in [1.82, 2.24) is 13.6 Å². The Kier molecular flexibility index (Phi) is 4.24. The molecule has 2 aromatic rings. The first-order chi connectivity index (χ1) is 10.7. The minimum atomic E-state index is -0.0639. The Morgan fingerprint density at radius 1 is 1.32 bits per heavy atom. The largest absolute Gasteiger partial charge is 0.493 e. The van der Waals surface area contributed by atoms with Gasteiger partial charge < -0.3 is 14.4 Å². The van der Waals surface area contributed by atoms with Crippen LogP contribution in [-0.2, 0) is 0 Å². The van der Waals surface area contributed by atoms with Crippen LogP contribution in [0.5, 0.6) is 11.5 Å². The molecule has 1 atom stereocenters. The summed E-state index contributed by atoms with van der Waals surface area (Å²) in [6.07, 6.45) is 3.43. The standard InChI is InChI=1S/C15H17N3O3S/c1-20-13-6-5-10(8-14(13)21-2)12-4-3-7-18(12)15(19)11-9-16-22-17-11/h5-6,8-9,12H,3-4,7H2,1-2H3/t12-/m1/s1. The third-order valence-corrected chi connectivity index (χ3v) is 4.36. The number of carbonyl (C=O) groups excluding carboxylic acids is 1. The van der Waals surface area contributed by atoms with Crippen molar-refractivity contribution in [2.75, 3.05) is 20.8 Å². The minimum absolute atomic E-state index is 0.0361. The Labute approximate surface area is 133 Å². The normalized spacial score (nSPS) is 17.5. The lowest BCUT2D eigenvalue weighted by Gasteiger charge is -2.24. The lowest BCUT2D eigenvalue weighted by atomic mass is 10.0. The average Bonchev–Trinajstić information content (AvgIpc) is 3.24. The molecule has 0 radical (unpaired) electrons. The van der Waals surface area contributed by atoms with Crippen LogP contribution in [0.2, 0.25) is 0 Å². The Bertz CT molecular complexity index is 660. The first kappa shape index (κ1) is 14.8. The summed E-state index contributed by atoms with van der Waals surface area (Å²) in [5.74, 6) is 1.30. The molecule has 0 bridgehead atoms. The predicted octanol–water partition coefficient (Wildman–Crippen LogP) is 2.53. The van der Waals surface area contributed by atoms with E-state index in [0.717, 1.165) is 36.7 Å². The smallest absolute Gasteiger partial charge is 0.275 e. The van der Waals surface area contributed by atoms with Crippen LogP contribution in [0.15, 0.2) is 24.4 Å². The van der Waals surface area contributed by atoms with Gasteiger partial charge >= 0.3 is 0 Å². The highest BCUT2D eigenvalue weighted by atomic mass is 32.1. The number of methoxy groups -OCH3 is 2. The SMILES string of the molecule is COc1ccc([C@H]2CCCN2C(=O)c2cnsn2)cc1OC. The van der Waals surface area contributed by atoms with E-state index in [4.69, 9.17) is 9.47 Å². The first-order valence-corrected chi connectivity index (χ1v) is 7.78. The highest BCUT2D eigenvalue weighted by Crippen LogP contribution is 2.37. The fraction of sp³-hybridized carbons (Fsp3) is 0.400. The van der Waals surface area contributed by atoms with Crippen molar-refractivity contribution in [3.8, 4) is 11.5 Å². The molecule has 116 valence electrons. The van der Waals surface area contributed by atoms with Gasteiger partial charge in [0.05, 0.1) is 38.2 Å². The predicted molar refractivity (Wildman–Crippen MR) is 82.5 cm³/mol. The van der Waals surface area contributed by atoms with Crippen molar-refractivity contribution in [1.29, 1.82) is 0 Å². The summed E-state index contributed by atoms with van der Waals surface area (Å²) in [7, 11) is 3.22. The van der Waals surface area contributed by atoms with E-state index < -0.39 is 0 Å². The summed E-state index contributed by atoms with van der Waals surface area (Å²) in [4.78, 5) is 14.4. The van der Waals surface area contributed by atoms with Gasteiger partial charge in [-0.05, 0) is 30.5 Å². The molecule has 0 aliphatic carbocycles. The number of nitrogens with zero attached hydrogens (tertiary/aromatic N) is 3. The molecule has 1 aliphatic heterocycles. The number of ether oxygens (including phenoxy) is 2. The zero-order chi connectivity index (χ0) is 15.5.